The molecule has 0 bridgehead atoms. The monoisotopic (exact) mass is 273 g/mol. The summed E-state index contributed by atoms with van der Waals surface area (Å²) in [5, 5.41) is 4.61. The number of hydrogen-bond acceptors (Lipinski definition) is 4. The highest BCUT2D eigenvalue weighted by atomic mass is 32.1. The lowest BCUT2D eigenvalue weighted by molar-refractivity contribution is 0.674. The fraction of sp³-hybridized carbons (Fsp3) is 0.600. The normalized spacial score (nSPS) is 19.2. The first-order chi connectivity index (χ1) is 9.36. The molecule has 1 fully saturated rings. The molecule has 0 aliphatic heterocycles. The van der Waals surface area contributed by atoms with Crippen molar-refractivity contribution < 1.29 is 0 Å². The molecule has 0 unspecified atom stereocenters. The minimum absolute atomic E-state index is 0.591. The van der Waals surface area contributed by atoms with Crippen LogP contribution in [0.2, 0.25) is 0 Å². The van der Waals surface area contributed by atoms with E-state index in [-0.39, 0.29) is 0 Å². The van der Waals surface area contributed by atoms with Crippen molar-refractivity contribution in [2.45, 2.75) is 50.9 Å². The number of hydrogen-bond donors (Lipinski definition) is 1. The number of nitrogens with one attached hydrogen (secondary N) is 1. The summed E-state index contributed by atoms with van der Waals surface area (Å²) < 4.78 is 0. The van der Waals surface area contributed by atoms with Crippen LogP contribution in [-0.2, 0) is 12.8 Å². The first kappa shape index (κ1) is 11.6. The molecule has 19 heavy (non-hydrogen) atoms. The highest BCUT2D eigenvalue weighted by Crippen LogP contribution is 2.41. The number of rotatable bonds is 2. The number of anilines is 1. The van der Waals surface area contributed by atoms with E-state index in [1.54, 1.807) is 4.88 Å². The summed E-state index contributed by atoms with van der Waals surface area (Å²) in [7, 11) is 1.99. The molecule has 0 atom stereocenters. The number of thiophene rings is 1. The van der Waals surface area contributed by atoms with Crippen LogP contribution >= 0.6 is 11.3 Å². The number of fused-ring (bicyclic) bond motifs is 3. The van der Waals surface area contributed by atoms with E-state index in [4.69, 9.17) is 9.97 Å². The third-order valence-electron chi connectivity index (χ3n) is 4.54. The maximum atomic E-state index is 4.90. The van der Waals surface area contributed by atoms with Gasteiger partial charge in [-0.1, -0.05) is 12.8 Å². The number of aryl methyl sites for hydroxylation is 2. The second-order valence-electron chi connectivity index (χ2n) is 5.70. The summed E-state index contributed by atoms with van der Waals surface area (Å²) in [4.78, 5) is 12.5. The molecule has 100 valence electrons. The Hall–Kier alpha value is -1.16. The van der Waals surface area contributed by atoms with Crippen molar-refractivity contribution in [1.29, 1.82) is 0 Å². The molecule has 2 aromatic heterocycles. The van der Waals surface area contributed by atoms with Gasteiger partial charge in [-0.15, -0.1) is 11.3 Å². The Labute approximate surface area is 117 Å². The summed E-state index contributed by atoms with van der Waals surface area (Å²) in [6.45, 7) is 0. The third-order valence-corrected chi connectivity index (χ3v) is 5.72. The Morgan fingerprint density at radius 3 is 2.74 bits per heavy atom. The van der Waals surface area contributed by atoms with Gasteiger partial charge in [0, 0.05) is 17.8 Å². The summed E-state index contributed by atoms with van der Waals surface area (Å²) >= 11 is 1.90. The highest BCUT2D eigenvalue weighted by Gasteiger charge is 2.25. The van der Waals surface area contributed by atoms with E-state index >= 15 is 0 Å². The predicted molar refractivity (Wildman–Crippen MR) is 80.2 cm³/mol. The molecule has 0 aromatic carbocycles. The van der Waals surface area contributed by atoms with Gasteiger partial charge in [0.05, 0.1) is 5.39 Å². The van der Waals surface area contributed by atoms with Crippen molar-refractivity contribution in [2.75, 3.05) is 12.4 Å². The van der Waals surface area contributed by atoms with Crippen molar-refractivity contribution >= 4 is 27.4 Å². The highest BCUT2D eigenvalue weighted by molar-refractivity contribution is 7.19. The van der Waals surface area contributed by atoms with Crippen LogP contribution in [0.4, 0.5) is 5.82 Å². The van der Waals surface area contributed by atoms with Gasteiger partial charge in [0.25, 0.3) is 0 Å². The largest absolute Gasteiger partial charge is 0.372 e. The molecule has 0 spiro atoms. The van der Waals surface area contributed by atoms with E-state index in [1.165, 1.54) is 60.7 Å². The Bertz CT molecular complexity index is 626. The topological polar surface area (TPSA) is 37.8 Å². The smallest absolute Gasteiger partial charge is 0.138 e. The van der Waals surface area contributed by atoms with Crippen LogP contribution in [0.5, 0.6) is 0 Å². The molecule has 2 heterocycles. The molecule has 2 aliphatic carbocycles. The molecule has 4 rings (SSSR count). The molecule has 0 amide bonds. The Balaban J connectivity index is 1.90. The zero-order chi connectivity index (χ0) is 12.8. The van der Waals surface area contributed by atoms with E-state index < -0.39 is 0 Å². The minimum atomic E-state index is 0.591. The van der Waals surface area contributed by atoms with Crippen molar-refractivity contribution in [3.05, 3.63) is 16.3 Å². The lowest BCUT2D eigenvalue weighted by atomic mass is 10.1. The van der Waals surface area contributed by atoms with E-state index in [0.717, 1.165) is 11.6 Å². The molecular formula is C15H19N3S. The lowest BCUT2D eigenvalue weighted by Gasteiger charge is -2.11. The third kappa shape index (κ3) is 1.76. The summed E-state index contributed by atoms with van der Waals surface area (Å²) in [6, 6.07) is 0. The number of aromatic nitrogens is 2. The summed E-state index contributed by atoms with van der Waals surface area (Å²) in [5.74, 6) is 2.73. The summed E-state index contributed by atoms with van der Waals surface area (Å²) in [6.07, 6.45) is 8.93. The fourth-order valence-corrected chi connectivity index (χ4v) is 4.83. The predicted octanol–water partition coefficient (Wildman–Crippen LogP) is 3.88. The fourth-order valence-electron chi connectivity index (χ4n) is 3.56. The first-order valence-electron chi connectivity index (χ1n) is 7.36. The van der Waals surface area contributed by atoms with Gasteiger partial charge in [-0.3, -0.25) is 0 Å². The molecule has 1 N–H and O–H groups in total. The average Bonchev–Trinajstić information content (AvgIpc) is 3.13. The van der Waals surface area contributed by atoms with E-state index in [9.17, 15) is 0 Å². The molecule has 1 saturated carbocycles. The summed E-state index contributed by atoms with van der Waals surface area (Å²) in [5.41, 5.74) is 1.52. The molecule has 0 saturated heterocycles. The lowest BCUT2D eigenvalue weighted by Crippen LogP contribution is -2.04. The van der Waals surface area contributed by atoms with Crippen LogP contribution in [0.3, 0.4) is 0 Å². The van der Waals surface area contributed by atoms with Crippen LogP contribution in [0, 0.1) is 0 Å². The van der Waals surface area contributed by atoms with E-state index in [2.05, 4.69) is 5.32 Å². The van der Waals surface area contributed by atoms with Gasteiger partial charge in [0.1, 0.15) is 16.5 Å². The van der Waals surface area contributed by atoms with Gasteiger partial charge in [0.2, 0.25) is 0 Å². The van der Waals surface area contributed by atoms with Crippen LogP contribution < -0.4 is 5.32 Å². The quantitative estimate of drug-likeness (QED) is 0.902. The Morgan fingerprint density at radius 1 is 1.11 bits per heavy atom. The Kier molecular flexibility index (Phi) is 2.72. The van der Waals surface area contributed by atoms with Crippen molar-refractivity contribution in [2.24, 2.45) is 0 Å². The van der Waals surface area contributed by atoms with Gasteiger partial charge < -0.3 is 5.32 Å². The second-order valence-corrected chi connectivity index (χ2v) is 6.78. The zero-order valence-electron chi connectivity index (χ0n) is 11.3. The van der Waals surface area contributed by atoms with Gasteiger partial charge in [-0.05, 0) is 37.7 Å². The first-order valence-corrected chi connectivity index (χ1v) is 8.18. The van der Waals surface area contributed by atoms with Gasteiger partial charge in [-0.2, -0.15) is 0 Å². The average molecular weight is 273 g/mol. The molecule has 2 aliphatic rings. The van der Waals surface area contributed by atoms with Crippen LogP contribution in [-0.4, -0.2) is 17.0 Å². The Morgan fingerprint density at radius 2 is 1.95 bits per heavy atom. The molecule has 4 heteroatoms. The molecule has 3 nitrogen and oxygen atoms in total. The second kappa shape index (κ2) is 4.44. The van der Waals surface area contributed by atoms with Crippen molar-refractivity contribution in [1.82, 2.24) is 9.97 Å². The minimum Gasteiger partial charge on any atom is -0.372 e. The van der Waals surface area contributed by atoms with Gasteiger partial charge >= 0.3 is 0 Å². The molecular weight excluding hydrogens is 254 g/mol. The van der Waals surface area contributed by atoms with Crippen LogP contribution in [0.15, 0.2) is 0 Å². The van der Waals surface area contributed by atoms with Crippen molar-refractivity contribution in [3.8, 4) is 0 Å². The molecule has 0 radical (unpaired) electrons. The van der Waals surface area contributed by atoms with Crippen LogP contribution in [0.1, 0.15) is 54.3 Å². The van der Waals surface area contributed by atoms with E-state index in [0.29, 0.717) is 5.92 Å². The SMILES string of the molecule is CNc1nc(C2CCCC2)nc2sc3c(c12)CCC3. The maximum absolute atomic E-state index is 4.90. The standard InChI is InChI=1S/C15H19N3S/c1-16-14-12-10-7-4-8-11(10)19-15(12)18-13(17-14)9-5-2-3-6-9/h9H,2-8H2,1H3,(H,16,17,18). The van der Waals surface area contributed by atoms with Crippen molar-refractivity contribution in [3.63, 3.8) is 0 Å². The number of nitrogens with zero attached hydrogens (tertiary/aromatic N) is 2. The zero-order valence-corrected chi connectivity index (χ0v) is 12.1. The maximum Gasteiger partial charge on any atom is 0.138 e. The van der Waals surface area contributed by atoms with E-state index in [1.807, 2.05) is 18.4 Å². The molecule has 2 aromatic rings. The van der Waals surface area contributed by atoms with Gasteiger partial charge in [-0.25, -0.2) is 9.97 Å². The van der Waals surface area contributed by atoms with Crippen LogP contribution in [0.25, 0.3) is 10.2 Å². The van der Waals surface area contributed by atoms with Gasteiger partial charge in [0.15, 0.2) is 0 Å².